The van der Waals surface area contributed by atoms with Crippen LogP contribution in [0.5, 0.6) is 5.75 Å². The maximum Gasteiger partial charge on any atom is 0.328 e. The van der Waals surface area contributed by atoms with E-state index >= 15 is 0 Å². The Kier molecular flexibility index (Phi) is 6.19. The number of piperazine rings is 1. The van der Waals surface area contributed by atoms with Crippen LogP contribution in [0.2, 0.25) is 5.02 Å². The number of anilines is 1. The minimum Gasteiger partial charge on any atom is -0.497 e. The maximum atomic E-state index is 13.5. The van der Waals surface area contributed by atoms with Gasteiger partial charge in [0.2, 0.25) is 0 Å². The monoisotopic (exact) mass is 496 g/mol. The summed E-state index contributed by atoms with van der Waals surface area (Å²) in [7, 11) is 5.25. The summed E-state index contributed by atoms with van der Waals surface area (Å²) in [6.07, 6.45) is -0.544. The largest absolute Gasteiger partial charge is 0.497 e. The van der Waals surface area contributed by atoms with Crippen molar-refractivity contribution in [2.75, 3.05) is 52.3 Å². The van der Waals surface area contributed by atoms with Crippen LogP contribution in [0.15, 0.2) is 53.5 Å². The fraction of sp³-hybridized carbons (Fsp3) is 0.400. The molecular weight excluding hydrogens is 468 g/mol. The lowest BCUT2D eigenvalue weighted by molar-refractivity contribution is -0.137. The van der Waals surface area contributed by atoms with Crippen LogP contribution in [0.4, 0.5) is 10.5 Å². The number of guanidine groups is 1. The van der Waals surface area contributed by atoms with Crippen LogP contribution in [0.1, 0.15) is 5.56 Å². The van der Waals surface area contributed by atoms with Crippen LogP contribution in [-0.2, 0) is 11.3 Å². The van der Waals surface area contributed by atoms with E-state index in [2.05, 4.69) is 21.9 Å². The third kappa shape index (κ3) is 4.14. The van der Waals surface area contributed by atoms with E-state index in [9.17, 15) is 9.59 Å². The maximum absolute atomic E-state index is 13.5. The number of nitrogens with zero attached hydrogens (tertiary/aromatic N) is 6. The van der Waals surface area contributed by atoms with Crippen molar-refractivity contribution in [1.82, 2.24) is 19.6 Å². The number of benzene rings is 2. The number of rotatable bonds is 4. The molecule has 2 aromatic carbocycles. The Morgan fingerprint density at radius 3 is 2.26 bits per heavy atom. The highest BCUT2D eigenvalue weighted by molar-refractivity contribution is 6.31. The molecule has 0 aliphatic carbocycles. The number of fused-ring (bicyclic) bond motifs is 1. The number of carbonyl (C=O) groups is 2. The van der Waals surface area contributed by atoms with Crippen molar-refractivity contribution in [1.29, 1.82) is 0 Å². The Hall–Kier alpha value is -3.46. The van der Waals surface area contributed by atoms with E-state index < -0.39 is 12.2 Å². The average molecular weight is 497 g/mol. The number of carbonyl (C=O) groups excluding carboxylic acids is 2. The molecule has 2 atom stereocenters. The summed E-state index contributed by atoms with van der Waals surface area (Å²) in [6, 6.07) is 14.4. The van der Waals surface area contributed by atoms with Crippen LogP contribution >= 0.6 is 11.6 Å². The summed E-state index contributed by atoms with van der Waals surface area (Å²) in [5, 5.41) is 0.532. The zero-order chi connectivity index (χ0) is 24.7. The molecule has 3 heterocycles. The van der Waals surface area contributed by atoms with E-state index in [1.54, 1.807) is 25.1 Å². The molecule has 3 aliphatic heterocycles. The highest BCUT2D eigenvalue weighted by atomic mass is 35.5. The summed E-state index contributed by atoms with van der Waals surface area (Å²) < 4.78 is 5.26. The number of urea groups is 1. The van der Waals surface area contributed by atoms with Gasteiger partial charge in [0, 0.05) is 51.0 Å². The molecule has 2 saturated heterocycles. The SMILES string of the molecule is COc1ccc(N2CCN(C3=NC4C(C(=O)N(Cc5ccccc5Cl)C(=O)N4C)N3C)CC2)cc1. The normalized spacial score (nSPS) is 22.5. The number of hydrogen-bond donors (Lipinski definition) is 0. The predicted molar refractivity (Wildman–Crippen MR) is 135 cm³/mol. The van der Waals surface area contributed by atoms with Gasteiger partial charge in [0.05, 0.1) is 13.7 Å². The molecule has 10 heteroatoms. The van der Waals surface area contributed by atoms with Gasteiger partial charge >= 0.3 is 6.03 Å². The Morgan fingerprint density at radius 2 is 1.60 bits per heavy atom. The number of amides is 3. The predicted octanol–water partition coefficient (Wildman–Crippen LogP) is 2.56. The first-order valence-corrected chi connectivity index (χ1v) is 12.0. The molecule has 0 bridgehead atoms. The lowest BCUT2D eigenvalue weighted by Crippen LogP contribution is -2.64. The molecule has 0 N–H and O–H groups in total. The van der Waals surface area contributed by atoms with Gasteiger partial charge in [0.25, 0.3) is 5.91 Å². The fourth-order valence-corrected chi connectivity index (χ4v) is 5.15. The summed E-state index contributed by atoms with van der Waals surface area (Å²) in [5.41, 5.74) is 1.88. The van der Waals surface area contributed by atoms with Gasteiger partial charge in [0.1, 0.15) is 5.75 Å². The molecule has 2 fully saturated rings. The minimum atomic E-state index is -0.560. The summed E-state index contributed by atoms with van der Waals surface area (Å²) in [5.74, 6) is 1.34. The Labute approximate surface area is 210 Å². The molecule has 3 aliphatic rings. The van der Waals surface area contributed by atoms with Crippen molar-refractivity contribution >= 4 is 35.2 Å². The molecule has 2 aromatic rings. The number of aliphatic imine (C=N–C) groups is 1. The van der Waals surface area contributed by atoms with Gasteiger partial charge in [-0.2, -0.15) is 0 Å². The first-order valence-electron chi connectivity index (χ1n) is 11.6. The molecule has 35 heavy (non-hydrogen) atoms. The molecule has 5 rings (SSSR count). The zero-order valence-corrected chi connectivity index (χ0v) is 20.9. The number of ether oxygens (including phenoxy) is 1. The number of likely N-dealkylation sites (N-methyl/N-ethyl adjacent to an activating group) is 2. The second-order valence-electron chi connectivity index (χ2n) is 8.98. The number of hydrogen-bond acceptors (Lipinski definition) is 7. The van der Waals surface area contributed by atoms with Gasteiger partial charge in [-0.15, -0.1) is 0 Å². The summed E-state index contributed by atoms with van der Waals surface area (Å²) >= 11 is 6.30. The van der Waals surface area contributed by atoms with E-state index in [0.29, 0.717) is 5.02 Å². The van der Waals surface area contributed by atoms with Gasteiger partial charge in [-0.05, 0) is 35.9 Å². The highest BCUT2D eigenvalue weighted by Gasteiger charge is 2.52. The average Bonchev–Trinajstić information content (AvgIpc) is 3.24. The van der Waals surface area contributed by atoms with Crippen molar-refractivity contribution in [2.45, 2.75) is 18.8 Å². The second kappa shape index (κ2) is 9.30. The van der Waals surface area contributed by atoms with E-state index in [0.717, 1.165) is 49.1 Å². The van der Waals surface area contributed by atoms with E-state index in [4.69, 9.17) is 21.3 Å². The highest BCUT2D eigenvalue weighted by Crippen LogP contribution is 2.30. The van der Waals surface area contributed by atoms with Gasteiger partial charge < -0.3 is 24.3 Å². The Bertz CT molecular complexity index is 1150. The van der Waals surface area contributed by atoms with Gasteiger partial charge in [-0.25, -0.2) is 9.79 Å². The van der Waals surface area contributed by atoms with Crippen molar-refractivity contribution in [3.8, 4) is 5.75 Å². The lowest BCUT2D eigenvalue weighted by Gasteiger charge is -2.42. The smallest absolute Gasteiger partial charge is 0.328 e. The number of halogens is 1. The molecule has 0 spiro atoms. The van der Waals surface area contributed by atoms with Crippen molar-refractivity contribution in [3.05, 3.63) is 59.1 Å². The van der Waals surface area contributed by atoms with Gasteiger partial charge in [-0.3, -0.25) is 9.69 Å². The van der Waals surface area contributed by atoms with E-state index in [1.165, 1.54) is 4.90 Å². The second-order valence-corrected chi connectivity index (χ2v) is 9.39. The molecular formula is C25H29ClN6O3. The number of methoxy groups -OCH3 is 1. The lowest BCUT2D eigenvalue weighted by atomic mass is 10.1. The molecule has 3 amide bonds. The summed E-state index contributed by atoms with van der Waals surface area (Å²) in [6.45, 7) is 3.33. The number of imide groups is 1. The van der Waals surface area contributed by atoms with Crippen molar-refractivity contribution in [3.63, 3.8) is 0 Å². The van der Waals surface area contributed by atoms with E-state index in [-0.39, 0.29) is 18.5 Å². The Balaban J connectivity index is 1.29. The first-order chi connectivity index (χ1) is 16.9. The minimum absolute atomic E-state index is 0.134. The van der Waals surface area contributed by atoms with Crippen LogP contribution in [0.25, 0.3) is 0 Å². The third-order valence-corrected chi connectivity index (χ3v) is 7.37. The zero-order valence-electron chi connectivity index (χ0n) is 20.1. The van der Waals surface area contributed by atoms with Crippen molar-refractivity contribution < 1.29 is 14.3 Å². The molecule has 0 radical (unpaired) electrons. The molecule has 0 saturated carbocycles. The molecule has 0 aromatic heterocycles. The van der Waals surface area contributed by atoms with Gasteiger partial charge in [0.15, 0.2) is 18.2 Å². The Morgan fingerprint density at radius 1 is 0.943 bits per heavy atom. The standard InChI is InChI=1S/C25H29ClN6O3/c1-28-21-22(29(2)25(34)32(23(21)33)16-17-6-4-5-7-20(17)26)27-24(28)31-14-12-30(13-15-31)18-8-10-19(35-3)11-9-18/h4-11,21-22H,12-16H2,1-3H3. The topological polar surface area (TPSA) is 71.9 Å². The molecule has 2 unspecified atom stereocenters. The summed E-state index contributed by atoms with van der Waals surface area (Å²) in [4.78, 5) is 40.7. The van der Waals surface area contributed by atoms with E-state index in [1.807, 2.05) is 42.3 Å². The third-order valence-electron chi connectivity index (χ3n) is 7.00. The van der Waals surface area contributed by atoms with Crippen LogP contribution in [0.3, 0.4) is 0 Å². The fourth-order valence-electron chi connectivity index (χ4n) is 4.96. The quantitative estimate of drug-likeness (QED) is 0.648. The van der Waals surface area contributed by atoms with Crippen LogP contribution in [-0.4, -0.2) is 97.1 Å². The van der Waals surface area contributed by atoms with Crippen LogP contribution in [0, 0.1) is 0 Å². The molecule has 9 nitrogen and oxygen atoms in total. The molecule has 184 valence electrons. The van der Waals surface area contributed by atoms with Gasteiger partial charge in [-0.1, -0.05) is 29.8 Å². The first kappa shape index (κ1) is 23.3. The van der Waals surface area contributed by atoms with Crippen LogP contribution < -0.4 is 9.64 Å². The van der Waals surface area contributed by atoms with Crippen molar-refractivity contribution in [2.24, 2.45) is 4.99 Å².